The van der Waals surface area contributed by atoms with Gasteiger partial charge >= 0.3 is 0 Å². The van der Waals surface area contributed by atoms with Crippen LogP contribution in [0.15, 0.2) is 236 Å². The zero-order valence-electron chi connectivity index (χ0n) is 50.9. The molecule has 0 N–H and O–H groups in total. The smallest absolute Gasteiger partial charge is 0.240 e. The Bertz CT molecular complexity index is 4430. The molecule has 0 fully saturated rings. The highest BCUT2D eigenvalue weighted by atomic mass is 28.3. The predicted molar refractivity (Wildman–Crippen MR) is 263 cm³/mol. The standard InChI is InChI=1S/C57H39N5Si/c1-4-20-40(21-5-1)41-22-18-28-45(38-41)63(43-24-6-2-7-25-43,44-26-8-3-9-27-44)46-29-19-23-42(39-46)55-58-56(61-51-34-14-10-30-47(51)48-31-11-15-35-52(48)61)60-57(59-55)62-53-36-16-12-32-49(53)50-33-13-17-37-54(50)62/h1-39H/i1D,2D,4D,5D,6D,7D,18D,19D,20D,21D,22D,23D,24D,25D,28D,29D,38D,39D. The number of rotatable bonds is 8. The van der Waals surface area contributed by atoms with Crippen LogP contribution in [0.4, 0.5) is 0 Å². The summed E-state index contributed by atoms with van der Waals surface area (Å²) >= 11 is 0. The van der Waals surface area contributed by atoms with E-state index < -0.39 is 149 Å². The molecule has 0 aliphatic rings. The zero-order chi connectivity index (χ0) is 57.4. The van der Waals surface area contributed by atoms with Crippen molar-refractivity contribution in [2.45, 2.75) is 0 Å². The first-order chi connectivity index (χ1) is 38.7. The Morgan fingerprint density at radius 1 is 0.333 bits per heavy atom. The lowest BCUT2D eigenvalue weighted by molar-refractivity contribution is 0.893. The fraction of sp³-hybridized carbons (Fsp3) is 0. The molecule has 0 saturated carbocycles. The highest BCUT2D eigenvalue weighted by Crippen LogP contribution is 2.34. The molecule has 0 aliphatic heterocycles. The summed E-state index contributed by atoms with van der Waals surface area (Å²) in [4.78, 5) is 15.3. The van der Waals surface area contributed by atoms with Crippen molar-refractivity contribution in [2.24, 2.45) is 0 Å². The second-order valence-corrected chi connectivity index (χ2v) is 18.2. The number of aromatic nitrogens is 5. The summed E-state index contributed by atoms with van der Waals surface area (Å²) in [6.45, 7) is 0. The van der Waals surface area contributed by atoms with Crippen LogP contribution < -0.4 is 20.7 Å². The number of hydrogen-bond acceptors (Lipinski definition) is 3. The van der Waals surface area contributed by atoms with Crippen LogP contribution in [0, 0.1) is 0 Å². The summed E-state index contributed by atoms with van der Waals surface area (Å²) in [6.07, 6.45) is 0. The molecule has 12 aromatic rings. The van der Waals surface area contributed by atoms with E-state index in [1.54, 1.807) is 15.2 Å². The largest absolute Gasteiger partial charge is 0.278 e. The molecular formula is C57H39N5Si. The molecule has 1 atom stereocenters. The van der Waals surface area contributed by atoms with E-state index in [-0.39, 0.29) is 22.9 Å². The van der Waals surface area contributed by atoms with E-state index in [0.29, 0.717) is 22.1 Å². The molecule has 0 amide bonds. The summed E-state index contributed by atoms with van der Waals surface area (Å²) in [6, 6.07) is 21.6. The van der Waals surface area contributed by atoms with Gasteiger partial charge in [-0.15, -0.1) is 0 Å². The number of para-hydroxylation sites is 4. The van der Waals surface area contributed by atoms with Gasteiger partial charge in [0.1, 0.15) is 0 Å². The van der Waals surface area contributed by atoms with Crippen LogP contribution in [0.25, 0.3) is 78.0 Å². The minimum Gasteiger partial charge on any atom is -0.278 e. The van der Waals surface area contributed by atoms with Crippen LogP contribution in [0.3, 0.4) is 0 Å². The predicted octanol–water partition coefficient (Wildman–Crippen LogP) is 10.8. The summed E-state index contributed by atoms with van der Waals surface area (Å²) in [7, 11) is -5.63. The molecule has 12 rings (SSSR count). The number of benzene rings is 9. The van der Waals surface area contributed by atoms with E-state index in [4.69, 9.17) is 25.9 Å². The van der Waals surface area contributed by atoms with E-state index in [0.717, 1.165) is 21.5 Å². The van der Waals surface area contributed by atoms with Crippen LogP contribution in [-0.2, 0) is 0 Å². The van der Waals surface area contributed by atoms with Crippen molar-refractivity contribution in [3.05, 3.63) is 236 Å². The second-order valence-electron chi connectivity index (χ2n) is 14.6. The van der Waals surface area contributed by atoms with Crippen molar-refractivity contribution < 1.29 is 24.7 Å². The van der Waals surface area contributed by atoms with Gasteiger partial charge in [0.25, 0.3) is 0 Å². The SMILES string of the molecule is [2H]c1c([2H])c([2H])c(-c2c([2H])c([2H])c([2H])c([Si](c3ccccc3)(c3c([2H])c([2H])c([2H])c([2H])c3[2H])c3c([2H])c([2H])c([2H])c(-c4nc(-n5c6ccccc6c6ccccc65)nc(-n5c6ccccc6c6ccccc65)n4)c3[2H])c2[2H])c([2H])c1[2H]. The molecule has 6 heteroatoms. The van der Waals surface area contributed by atoms with Crippen molar-refractivity contribution >= 4 is 72.4 Å². The van der Waals surface area contributed by atoms with E-state index in [9.17, 15) is 13.7 Å². The second kappa shape index (κ2) is 15.1. The average molecular weight is 840 g/mol. The van der Waals surface area contributed by atoms with E-state index in [1.165, 1.54) is 24.3 Å². The Morgan fingerprint density at radius 2 is 0.730 bits per heavy atom. The van der Waals surface area contributed by atoms with Gasteiger partial charge in [0.15, 0.2) is 13.9 Å². The van der Waals surface area contributed by atoms with Crippen LogP contribution in [0.5, 0.6) is 0 Å². The lowest BCUT2D eigenvalue weighted by Gasteiger charge is -2.35. The molecule has 0 aliphatic carbocycles. The number of fused-ring (bicyclic) bond motifs is 6. The first-order valence-electron chi connectivity index (χ1n) is 28.9. The maximum atomic E-state index is 10.7. The van der Waals surface area contributed by atoms with Gasteiger partial charge in [0, 0.05) is 27.1 Å². The maximum absolute atomic E-state index is 10.7. The third kappa shape index (κ3) is 5.95. The molecule has 9 aromatic carbocycles. The molecule has 0 saturated heterocycles. The third-order valence-corrected chi connectivity index (χ3v) is 15.4. The average Bonchev–Trinajstić information content (AvgIpc) is 2.47. The van der Waals surface area contributed by atoms with E-state index >= 15 is 0 Å². The Labute approximate surface area is 391 Å². The fourth-order valence-corrected chi connectivity index (χ4v) is 12.5. The molecule has 0 spiro atoms. The summed E-state index contributed by atoms with van der Waals surface area (Å²) < 4.78 is 173. The van der Waals surface area contributed by atoms with Crippen molar-refractivity contribution in [3.63, 3.8) is 0 Å². The Kier molecular flexibility index (Phi) is 5.40. The monoisotopic (exact) mass is 839 g/mol. The molecule has 0 radical (unpaired) electrons. The van der Waals surface area contributed by atoms with Gasteiger partial charge in [0.05, 0.1) is 46.7 Å². The quantitative estimate of drug-likeness (QED) is 0.113. The molecule has 3 aromatic heterocycles. The molecular weight excluding hydrogens is 783 g/mol. The van der Waals surface area contributed by atoms with Crippen LogP contribution in [-0.4, -0.2) is 32.2 Å². The van der Waals surface area contributed by atoms with Gasteiger partial charge in [-0.1, -0.05) is 212 Å². The summed E-state index contributed by atoms with van der Waals surface area (Å²) in [5.41, 5.74) is 0.650. The normalized spacial score (nSPS) is 16.6. The number of hydrogen-bond donors (Lipinski definition) is 0. The maximum Gasteiger partial charge on any atom is 0.240 e. The Morgan fingerprint density at radius 3 is 1.24 bits per heavy atom. The third-order valence-electron chi connectivity index (χ3n) is 11.2. The minimum atomic E-state index is -5.63. The van der Waals surface area contributed by atoms with E-state index in [2.05, 4.69) is 0 Å². The van der Waals surface area contributed by atoms with Crippen LogP contribution in [0.2, 0.25) is 0 Å². The van der Waals surface area contributed by atoms with Gasteiger partial charge in [0.2, 0.25) is 11.9 Å². The first-order valence-corrected chi connectivity index (χ1v) is 21.9. The summed E-state index contributed by atoms with van der Waals surface area (Å²) in [5.74, 6) is -0.410. The molecule has 3 heterocycles. The highest BCUT2D eigenvalue weighted by molar-refractivity contribution is 7.20. The molecule has 5 nitrogen and oxygen atoms in total. The van der Waals surface area contributed by atoms with Crippen LogP contribution >= 0.6 is 0 Å². The lowest BCUT2D eigenvalue weighted by Crippen LogP contribution is -2.74. The van der Waals surface area contributed by atoms with Gasteiger partial charge in [-0.2, -0.15) is 15.0 Å². The first kappa shape index (κ1) is 22.6. The zero-order valence-corrected chi connectivity index (χ0v) is 33.9. The fourth-order valence-electron chi connectivity index (χ4n) is 8.55. The molecule has 0 bridgehead atoms. The Hall–Kier alpha value is -8.19. The minimum absolute atomic E-state index is 0.0108. The number of nitrogens with zero attached hydrogens (tertiary/aromatic N) is 5. The van der Waals surface area contributed by atoms with Crippen molar-refractivity contribution in [2.75, 3.05) is 0 Å². The molecule has 63 heavy (non-hydrogen) atoms. The van der Waals surface area contributed by atoms with Gasteiger partial charge in [-0.3, -0.25) is 9.13 Å². The molecule has 296 valence electrons. The van der Waals surface area contributed by atoms with Gasteiger partial charge < -0.3 is 0 Å². The van der Waals surface area contributed by atoms with E-state index in [1.807, 2.05) is 97.1 Å². The van der Waals surface area contributed by atoms with Gasteiger partial charge in [-0.25, -0.2) is 0 Å². The molecule has 1 unspecified atom stereocenters. The lowest BCUT2D eigenvalue weighted by atomic mass is 10.1. The highest BCUT2D eigenvalue weighted by Gasteiger charge is 2.42. The topological polar surface area (TPSA) is 48.5 Å². The van der Waals surface area contributed by atoms with Crippen LogP contribution in [0.1, 0.15) is 24.7 Å². The summed E-state index contributed by atoms with van der Waals surface area (Å²) in [5, 5.41) is 1.30. The van der Waals surface area contributed by atoms with Crippen molar-refractivity contribution in [3.8, 4) is 34.4 Å². The van der Waals surface area contributed by atoms with Crippen molar-refractivity contribution in [1.29, 1.82) is 0 Å². The Balaban J connectivity index is 1.30. The van der Waals surface area contributed by atoms with Crippen molar-refractivity contribution in [1.82, 2.24) is 24.1 Å². The van der Waals surface area contributed by atoms with Gasteiger partial charge in [-0.05, 0) is 56.1 Å².